The molecule has 0 bridgehead atoms. The van der Waals surface area contributed by atoms with Crippen molar-refractivity contribution in [2.45, 2.75) is 26.8 Å². The number of thiophene rings is 1. The Balaban J connectivity index is 2.47. The van der Waals surface area contributed by atoms with Crippen molar-refractivity contribution in [2.24, 2.45) is 0 Å². The standard InChI is InChI=1S/C15H16FNO3S/c1-8(2)17(7-13(18)19)15(20)14-9(3)11-6-10(16)4-5-12(11)21-14/h4-6,8H,7H2,1-3H3,(H,18,19). The van der Waals surface area contributed by atoms with Gasteiger partial charge in [-0.15, -0.1) is 11.3 Å². The first kappa shape index (κ1) is 15.4. The van der Waals surface area contributed by atoms with Crippen LogP contribution in [0.3, 0.4) is 0 Å². The maximum atomic E-state index is 13.3. The second kappa shape index (κ2) is 5.81. The molecule has 2 aromatic rings. The summed E-state index contributed by atoms with van der Waals surface area (Å²) in [5.41, 5.74) is 0.690. The number of rotatable bonds is 4. The Kier molecular flexibility index (Phi) is 4.27. The molecular formula is C15H16FNO3S. The molecule has 21 heavy (non-hydrogen) atoms. The van der Waals surface area contributed by atoms with E-state index >= 15 is 0 Å². The van der Waals surface area contributed by atoms with Gasteiger partial charge in [0.25, 0.3) is 5.91 Å². The molecule has 0 fully saturated rings. The van der Waals surface area contributed by atoms with E-state index in [-0.39, 0.29) is 24.3 Å². The SMILES string of the molecule is Cc1c(C(=O)N(CC(=O)O)C(C)C)sc2ccc(F)cc12. The highest BCUT2D eigenvalue weighted by molar-refractivity contribution is 7.21. The van der Waals surface area contributed by atoms with Crippen LogP contribution >= 0.6 is 11.3 Å². The zero-order valence-electron chi connectivity index (χ0n) is 12.0. The molecule has 0 unspecified atom stereocenters. The Labute approximate surface area is 125 Å². The number of aliphatic carboxylic acids is 1. The average molecular weight is 309 g/mol. The largest absolute Gasteiger partial charge is 0.480 e. The monoisotopic (exact) mass is 309 g/mol. The molecule has 0 spiro atoms. The van der Waals surface area contributed by atoms with Crippen LogP contribution in [-0.2, 0) is 4.79 Å². The van der Waals surface area contributed by atoms with Gasteiger partial charge in [0.05, 0.1) is 4.88 Å². The third-order valence-electron chi connectivity index (χ3n) is 3.28. The van der Waals surface area contributed by atoms with Gasteiger partial charge < -0.3 is 10.0 Å². The number of nitrogens with zero attached hydrogens (tertiary/aromatic N) is 1. The number of hydrogen-bond donors (Lipinski definition) is 1. The Morgan fingerprint density at radius 1 is 1.38 bits per heavy atom. The molecule has 4 nitrogen and oxygen atoms in total. The lowest BCUT2D eigenvalue weighted by Gasteiger charge is -2.24. The molecule has 1 N–H and O–H groups in total. The summed E-state index contributed by atoms with van der Waals surface area (Å²) in [6.07, 6.45) is 0. The number of carbonyl (C=O) groups excluding carboxylic acids is 1. The Morgan fingerprint density at radius 3 is 2.62 bits per heavy atom. The van der Waals surface area contributed by atoms with Crippen molar-refractivity contribution in [1.29, 1.82) is 0 Å². The molecule has 0 atom stereocenters. The van der Waals surface area contributed by atoms with Gasteiger partial charge in [0, 0.05) is 10.7 Å². The van der Waals surface area contributed by atoms with Gasteiger partial charge in [0.1, 0.15) is 12.4 Å². The predicted octanol–water partition coefficient (Wildman–Crippen LogP) is 3.28. The summed E-state index contributed by atoms with van der Waals surface area (Å²) in [6.45, 7) is 4.94. The second-order valence-corrected chi connectivity index (χ2v) is 6.17. The van der Waals surface area contributed by atoms with Crippen molar-refractivity contribution in [3.63, 3.8) is 0 Å². The molecule has 1 aromatic carbocycles. The van der Waals surface area contributed by atoms with Crippen molar-refractivity contribution >= 4 is 33.3 Å². The minimum absolute atomic E-state index is 0.227. The first-order valence-corrected chi connectivity index (χ1v) is 7.34. The van der Waals surface area contributed by atoms with E-state index < -0.39 is 5.97 Å². The fourth-order valence-electron chi connectivity index (χ4n) is 2.16. The number of carboxylic acid groups (broad SMARTS) is 1. The molecule has 0 saturated carbocycles. The van der Waals surface area contributed by atoms with E-state index in [0.29, 0.717) is 15.8 Å². The van der Waals surface area contributed by atoms with Crippen molar-refractivity contribution in [3.05, 3.63) is 34.5 Å². The Morgan fingerprint density at radius 2 is 2.05 bits per heavy atom. The van der Waals surface area contributed by atoms with E-state index in [4.69, 9.17) is 5.11 Å². The maximum absolute atomic E-state index is 13.3. The van der Waals surface area contributed by atoms with E-state index in [0.717, 1.165) is 4.70 Å². The third kappa shape index (κ3) is 3.05. The lowest BCUT2D eigenvalue weighted by atomic mass is 10.1. The Bertz CT molecular complexity index is 708. The van der Waals surface area contributed by atoms with Gasteiger partial charge in [0.15, 0.2) is 0 Å². The highest BCUT2D eigenvalue weighted by atomic mass is 32.1. The lowest BCUT2D eigenvalue weighted by Crippen LogP contribution is -2.40. The molecule has 0 aliphatic carbocycles. The number of amides is 1. The molecule has 2 rings (SSSR count). The van der Waals surface area contributed by atoms with Gasteiger partial charge >= 0.3 is 5.97 Å². The van der Waals surface area contributed by atoms with Crippen LogP contribution in [0.2, 0.25) is 0 Å². The predicted molar refractivity (Wildman–Crippen MR) is 80.3 cm³/mol. The summed E-state index contributed by atoms with van der Waals surface area (Å²) < 4.78 is 14.1. The second-order valence-electron chi connectivity index (χ2n) is 5.12. The van der Waals surface area contributed by atoms with Crippen molar-refractivity contribution in [1.82, 2.24) is 4.90 Å². The van der Waals surface area contributed by atoms with Crippen LogP contribution in [0.15, 0.2) is 18.2 Å². The first-order chi connectivity index (χ1) is 9.81. The van der Waals surface area contributed by atoms with Crippen molar-refractivity contribution in [3.8, 4) is 0 Å². The van der Waals surface area contributed by atoms with E-state index in [2.05, 4.69) is 0 Å². The first-order valence-electron chi connectivity index (χ1n) is 6.52. The number of carbonyl (C=O) groups is 2. The molecule has 6 heteroatoms. The van der Waals surface area contributed by atoms with Crippen LogP contribution in [0.5, 0.6) is 0 Å². The van der Waals surface area contributed by atoms with Crippen molar-refractivity contribution < 1.29 is 19.1 Å². The quantitative estimate of drug-likeness (QED) is 0.943. The van der Waals surface area contributed by atoms with Crippen LogP contribution < -0.4 is 0 Å². The molecule has 0 aliphatic rings. The number of fused-ring (bicyclic) bond motifs is 1. The molecule has 112 valence electrons. The fourth-order valence-corrected chi connectivity index (χ4v) is 3.31. The van der Waals surface area contributed by atoms with Crippen LogP contribution in [0.4, 0.5) is 4.39 Å². The lowest BCUT2D eigenvalue weighted by molar-refractivity contribution is -0.138. The maximum Gasteiger partial charge on any atom is 0.323 e. The topological polar surface area (TPSA) is 57.6 Å². The van der Waals surface area contributed by atoms with E-state index in [1.54, 1.807) is 26.8 Å². The molecule has 0 radical (unpaired) electrons. The van der Waals surface area contributed by atoms with Gasteiger partial charge in [-0.25, -0.2) is 4.39 Å². The average Bonchev–Trinajstić information content (AvgIpc) is 2.72. The zero-order valence-corrected chi connectivity index (χ0v) is 12.8. The number of aryl methyl sites for hydroxylation is 1. The molecule has 0 aliphatic heterocycles. The van der Waals surface area contributed by atoms with Crippen LogP contribution in [0.25, 0.3) is 10.1 Å². The number of halogens is 1. The summed E-state index contributed by atoms with van der Waals surface area (Å²) in [7, 11) is 0. The highest BCUT2D eigenvalue weighted by Crippen LogP contribution is 2.32. The van der Waals surface area contributed by atoms with Gasteiger partial charge in [0.2, 0.25) is 0 Å². The van der Waals surface area contributed by atoms with E-state index in [1.165, 1.54) is 28.4 Å². The fraction of sp³-hybridized carbons (Fsp3) is 0.333. The zero-order chi connectivity index (χ0) is 15.7. The molecule has 1 aromatic heterocycles. The van der Waals surface area contributed by atoms with Gasteiger partial charge in [-0.1, -0.05) is 0 Å². The molecule has 0 saturated heterocycles. The van der Waals surface area contributed by atoms with Crippen LogP contribution in [0, 0.1) is 12.7 Å². The van der Waals surface area contributed by atoms with E-state index in [1.807, 2.05) is 0 Å². The van der Waals surface area contributed by atoms with Crippen LogP contribution in [-0.4, -0.2) is 34.5 Å². The summed E-state index contributed by atoms with van der Waals surface area (Å²) in [6, 6.07) is 4.16. The van der Waals surface area contributed by atoms with E-state index in [9.17, 15) is 14.0 Å². The summed E-state index contributed by atoms with van der Waals surface area (Å²) >= 11 is 1.26. The highest BCUT2D eigenvalue weighted by Gasteiger charge is 2.25. The number of carboxylic acids is 1. The molecule has 1 heterocycles. The van der Waals surface area contributed by atoms with Crippen molar-refractivity contribution in [2.75, 3.05) is 6.54 Å². The molecule has 1 amide bonds. The minimum Gasteiger partial charge on any atom is -0.480 e. The van der Waals surface area contributed by atoms with Gasteiger partial charge in [-0.05, 0) is 49.9 Å². The smallest absolute Gasteiger partial charge is 0.323 e. The number of hydrogen-bond acceptors (Lipinski definition) is 3. The summed E-state index contributed by atoms with van der Waals surface area (Å²) in [5, 5.41) is 9.63. The Hall–Kier alpha value is -1.95. The number of benzene rings is 1. The summed E-state index contributed by atoms with van der Waals surface area (Å²) in [5.74, 6) is -1.73. The van der Waals surface area contributed by atoms with Gasteiger partial charge in [-0.3, -0.25) is 9.59 Å². The van der Waals surface area contributed by atoms with Gasteiger partial charge in [-0.2, -0.15) is 0 Å². The minimum atomic E-state index is -1.05. The third-order valence-corrected chi connectivity index (χ3v) is 4.54. The summed E-state index contributed by atoms with van der Waals surface area (Å²) in [4.78, 5) is 25.3. The normalized spacial score (nSPS) is 11.1. The molecular weight excluding hydrogens is 293 g/mol. The van der Waals surface area contributed by atoms with Crippen LogP contribution in [0.1, 0.15) is 29.1 Å².